The molecular formula is C19H36N2. The third-order valence-electron chi connectivity index (χ3n) is 6.96. The molecule has 2 heteroatoms. The van der Waals surface area contributed by atoms with Crippen LogP contribution in [0.3, 0.4) is 0 Å². The van der Waals surface area contributed by atoms with Crippen LogP contribution >= 0.6 is 0 Å². The fraction of sp³-hybridized carbons (Fsp3) is 1.00. The summed E-state index contributed by atoms with van der Waals surface area (Å²) < 4.78 is 0. The van der Waals surface area contributed by atoms with Crippen molar-refractivity contribution in [1.29, 1.82) is 0 Å². The lowest BCUT2D eigenvalue weighted by Gasteiger charge is -2.47. The molecule has 2 N–H and O–H groups in total. The first-order chi connectivity index (χ1) is 10.0. The van der Waals surface area contributed by atoms with Crippen LogP contribution in [0.15, 0.2) is 0 Å². The lowest BCUT2D eigenvalue weighted by Crippen LogP contribution is -2.51. The quantitative estimate of drug-likeness (QED) is 0.832. The van der Waals surface area contributed by atoms with Gasteiger partial charge >= 0.3 is 0 Å². The second kappa shape index (κ2) is 6.20. The van der Waals surface area contributed by atoms with Crippen molar-refractivity contribution in [2.45, 2.75) is 84.2 Å². The molecular weight excluding hydrogens is 256 g/mol. The highest BCUT2D eigenvalue weighted by atomic mass is 15.2. The van der Waals surface area contributed by atoms with Gasteiger partial charge in [-0.3, -0.25) is 4.90 Å². The van der Waals surface area contributed by atoms with E-state index in [1.54, 1.807) is 0 Å². The summed E-state index contributed by atoms with van der Waals surface area (Å²) in [7, 11) is 0. The Hall–Kier alpha value is -0.0800. The molecule has 3 aliphatic rings. The Kier molecular flexibility index (Phi) is 4.66. The highest BCUT2D eigenvalue weighted by Crippen LogP contribution is 2.45. The van der Waals surface area contributed by atoms with Gasteiger partial charge in [0.25, 0.3) is 0 Å². The van der Waals surface area contributed by atoms with Crippen LogP contribution in [0.5, 0.6) is 0 Å². The molecule has 0 aromatic rings. The van der Waals surface area contributed by atoms with E-state index in [-0.39, 0.29) is 0 Å². The maximum atomic E-state index is 6.16. The fourth-order valence-electron chi connectivity index (χ4n) is 5.53. The molecule has 1 saturated heterocycles. The van der Waals surface area contributed by atoms with Gasteiger partial charge < -0.3 is 5.73 Å². The van der Waals surface area contributed by atoms with E-state index in [0.717, 1.165) is 36.4 Å². The number of hydrogen-bond acceptors (Lipinski definition) is 2. The summed E-state index contributed by atoms with van der Waals surface area (Å²) in [6.07, 6.45) is 11.5. The Morgan fingerprint density at radius 1 is 0.952 bits per heavy atom. The van der Waals surface area contributed by atoms with Crippen molar-refractivity contribution in [3.8, 4) is 0 Å². The van der Waals surface area contributed by atoms with Crippen molar-refractivity contribution in [2.75, 3.05) is 13.1 Å². The molecule has 0 radical (unpaired) electrons. The van der Waals surface area contributed by atoms with Gasteiger partial charge in [-0.05, 0) is 74.8 Å². The van der Waals surface area contributed by atoms with Crippen molar-refractivity contribution in [2.24, 2.45) is 28.9 Å². The monoisotopic (exact) mass is 292 g/mol. The van der Waals surface area contributed by atoms with E-state index in [0.29, 0.717) is 5.41 Å². The average Bonchev–Trinajstić information content (AvgIpc) is 2.89. The summed E-state index contributed by atoms with van der Waals surface area (Å²) >= 11 is 0. The van der Waals surface area contributed by atoms with Gasteiger partial charge in [-0.1, -0.05) is 33.6 Å². The van der Waals surface area contributed by atoms with Gasteiger partial charge in [-0.25, -0.2) is 0 Å². The van der Waals surface area contributed by atoms with Crippen LogP contribution in [0.2, 0.25) is 0 Å². The SMILES string of the molecule is CC(C)(C)C1CCC(CN)C(N2CCC3CCCCC32)C1. The minimum Gasteiger partial charge on any atom is -0.330 e. The minimum absolute atomic E-state index is 0.462. The summed E-state index contributed by atoms with van der Waals surface area (Å²) in [5.41, 5.74) is 6.62. The zero-order valence-corrected chi connectivity index (χ0v) is 14.5. The van der Waals surface area contributed by atoms with E-state index in [2.05, 4.69) is 25.7 Å². The van der Waals surface area contributed by atoms with Gasteiger partial charge in [0, 0.05) is 12.1 Å². The van der Waals surface area contributed by atoms with E-state index < -0.39 is 0 Å². The highest BCUT2D eigenvalue weighted by Gasteiger charge is 2.44. The van der Waals surface area contributed by atoms with Crippen molar-refractivity contribution in [3.63, 3.8) is 0 Å². The molecule has 2 aliphatic carbocycles. The first-order valence-corrected chi connectivity index (χ1v) is 9.46. The number of nitrogens with zero attached hydrogens (tertiary/aromatic N) is 1. The Morgan fingerprint density at radius 2 is 1.71 bits per heavy atom. The smallest absolute Gasteiger partial charge is 0.0141 e. The molecule has 3 rings (SSSR count). The summed E-state index contributed by atoms with van der Waals surface area (Å²) in [5.74, 6) is 2.64. The van der Waals surface area contributed by atoms with Crippen LogP contribution in [-0.2, 0) is 0 Å². The van der Waals surface area contributed by atoms with Crippen LogP contribution in [0, 0.1) is 23.2 Å². The third kappa shape index (κ3) is 3.17. The second-order valence-corrected chi connectivity index (χ2v) is 9.08. The van der Waals surface area contributed by atoms with E-state index in [9.17, 15) is 0 Å². The molecule has 0 amide bonds. The third-order valence-corrected chi connectivity index (χ3v) is 6.96. The topological polar surface area (TPSA) is 29.3 Å². The number of rotatable bonds is 2. The molecule has 5 unspecified atom stereocenters. The van der Waals surface area contributed by atoms with E-state index in [1.165, 1.54) is 57.9 Å². The van der Waals surface area contributed by atoms with E-state index >= 15 is 0 Å². The summed E-state index contributed by atoms with van der Waals surface area (Å²) in [4.78, 5) is 2.93. The van der Waals surface area contributed by atoms with Gasteiger partial charge in [0.05, 0.1) is 0 Å². The molecule has 0 spiro atoms. The maximum Gasteiger partial charge on any atom is 0.0141 e. The number of likely N-dealkylation sites (tertiary alicyclic amines) is 1. The lowest BCUT2D eigenvalue weighted by molar-refractivity contribution is 0.0255. The average molecular weight is 293 g/mol. The summed E-state index contributed by atoms with van der Waals surface area (Å²) in [6.45, 7) is 9.56. The first kappa shape index (κ1) is 15.8. The van der Waals surface area contributed by atoms with Crippen LogP contribution in [-0.4, -0.2) is 30.1 Å². The largest absolute Gasteiger partial charge is 0.330 e. The molecule has 2 nitrogen and oxygen atoms in total. The molecule has 0 aromatic heterocycles. The molecule has 122 valence electrons. The molecule has 0 aromatic carbocycles. The molecule has 1 aliphatic heterocycles. The summed E-state index contributed by atoms with van der Waals surface area (Å²) in [5, 5.41) is 0. The molecule has 5 atom stereocenters. The van der Waals surface area contributed by atoms with Gasteiger partial charge in [0.15, 0.2) is 0 Å². The highest BCUT2D eigenvalue weighted by molar-refractivity contribution is 4.98. The molecule has 0 bridgehead atoms. The Bertz CT molecular complexity index is 346. The lowest BCUT2D eigenvalue weighted by atomic mass is 9.67. The Morgan fingerprint density at radius 3 is 2.43 bits per heavy atom. The normalized spacial score (nSPS) is 42.0. The predicted octanol–water partition coefficient (Wildman–Crippen LogP) is 4.04. The number of nitrogens with two attached hydrogens (primary N) is 1. The zero-order chi connectivity index (χ0) is 15.0. The molecule has 21 heavy (non-hydrogen) atoms. The van der Waals surface area contributed by atoms with Gasteiger partial charge in [0.2, 0.25) is 0 Å². The number of hydrogen-bond donors (Lipinski definition) is 1. The molecule has 1 heterocycles. The van der Waals surface area contributed by atoms with Gasteiger partial charge in [-0.15, -0.1) is 0 Å². The molecule has 3 fully saturated rings. The van der Waals surface area contributed by atoms with Crippen molar-refractivity contribution in [3.05, 3.63) is 0 Å². The van der Waals surface area contributed by atoms with Crippen LogP contribution in [0.4, 0.5) is 0 Å². The van der Waals surface area contributed by atoms with Crippen LogP contribution < -0.4 is 5.73 Å². The first-order valence-electron chi connectivity index (χ1n) is 9.46. The van der Waals surface area contributed by atoms with Gasteiger partial charge in [-0.2, -0.15) is 0 Å². The Balaban J connectivity index is 1.74. The van der Waals surface area contributed by atoms with E-state index in [1.807, 2.05) is 0 Å². The van der Waals surface area contributed by atoms with Gasteiger partial charge in [0.1, 0.15) is 0 Å². The van der Waals surface area contributed by atoms with Crippen molar-refractivity contribution >= 4 is 0 Å². The minimum atomic E-state index is 0.462. The Labute approximate surface area is 131 Å². The predicted molar refractivity (Wildman–Crippen MR) is 90.2 cm³/mol. The second-order valence-electron chi connectivity index (χ2n) is 9.08. The van der Waals surface area contributed by atoms with Crippen LogP contribution in [0.25, 0.3) is 0 Å². The zero-order valence-electron chi connectivity index (χ0n) is 14.5. The summed E-state index contributed by atoms with van der Waals surface area (Å²) in [6, 6.07) is 1.68. The van der Waals surface area contributed by atoms with E-state index in [4.69, 9.17) is 5.73 Å². The maximum absolute atomic E-state index is 6.16. The fourth-order valence-corrected chi connectivity index (χ4v) is 5.53. The van der Waals surface area contributed by atoms with Crippen molar-refractivity contribution < 1.29 is 0 Å². The number of fused-ring (bicyclic) bond motifs is 1. The molecule has 2 saturated carbocycles. The standard InChI is InChI=1S/C19H36N2/c1-19(2,3)16-9-8-15(13-20)18(12-16)21-11-10-14-6-4-5-7-17(14)21/h14-18H,4-13,20H2,1-3H3. The van der Waals surface area contributed by atoms with Crippen molar-refractivity contribution in [1.82, 2.24) is 4.90 Å². The van der Waals surface area contributed by atoms with Crippen LogP contribution in [0.1, 0.15) is 72.1 Å².